The zero-order valence-electron chi connectivity index (χ0n) is 11.2. The topological polar surface area (TPSA) is 67.4 Å². The lowest BCUT2D eigenvalue weighted by atomic mass is 10.1. The molecule has 0 aromatic rings. The van der Waals surface area contributed by atoms with Crippen LogP contribution in [-0.2, 0) is 14.8 Å². The molecule has 0 aliphatic carbocycles. The van der Waals surface area contributed by atoms with E-state index in [0.717, 1.165) is 13.0 Å². The van der Waals surface area contributed by atoms with Gasteiger partial charge in [0.2, 0.25) is 10.0 Å². The maximum Gasteiger partial charge on any atom is 0.212 e. The van der Waals surface area contributed by atoms with Gasteiger partial charge >= 0.3 is 0 Å². The van der Waals surface area contributed by atoms with Crippen molar-refractivity contribution in [2.45, 2.75) is 27.2 Å². The molecule has 0 aliphatic rings. The van der Waals surface area contributed by atoms with E-state index in [1.807, 2.05) is 6.92 Å². The van der Waals surface area contributed by atoms with Gasteiger partial charge in [0.05, 0.1) is 12.4 Å². The quantitative estimate of drug-likeness (QED) is 0.537. The highest BCUT2D eigenvalue weighted by Crippen LogP contribution is 1.98. The molecule has 0 bridgehead atoms. The SMILES string of the molecule is CCNCCS(=O)(=O)NCCOCCC(C)C. The second kappa shape index (κ2) is 9.82. The summed E-state index contributed by atoms with van der Waals surface area (Å²) in [5.41, 5.74) is 0. The summed E-state index contributed by atoms with van der Waals surface area (Å²) in [4.78, 5) is 0. The molecule has 0 saturated carbocycles. The van der Waals surface area contributed by atoms with Crippen LogP contribution in [0.3, 0.4) is 0 Å². The molecule has 0 heterocycles. The largest absolute Gasteiger partial charge is 0.380 e. The molecule has 0 aromatic heterocycles. The molecule has 0 rings (SSSR count). The van der Waals surface area contributed by atoms with E-state index in [1.165, 1.54) is 0 Å². The van der Waals surface area contributed by atoms with Gasteiger partial charge in [-0.3, -0.25) is 0 Å². The minimum absolute atomic E-state index is 0.118. The molecule has 0 atom stereocenters. The molecule has 6 heteroatoms. The van der Waals surface area contributed by atoms with E-state index >= 15 is 0 Å². The number of ether oxygens (including phenoxy) is 1. The molecule has 0 aromatic carbocycles. The summed E-state index contributed by atoms with van der Waals surface area (Å²) in [6, 6.07) is 0. The highest BCUT2D eigenvalue weighted by atomic mass is 32.2. The van der Waals surface area contributed by atoms with Crippen LogP contribution in [0.25, 0.3) is 0 Å². The summed E-state index contributed by atoms with van der Waals surface area (Å²) in [5, 5.41) is 2.98. The Morgan fingerprint density at radius 2 is 1.88 bits per heavy atom. The van der Waals surface area contributed by atoms with Crippen molar-refractivity contribution in [2.75, 3.05) is 38.6 Å². The van der Waals surface area contributed by atoms with Crippen molar-refractivity contribution >= 4 is 10.0 Å². The van der Waals surface area contributed by atoms with Crippen LogP contribution >= 0.6 is 0 Å². The lowest BCUT2D eigenvalue weighted by molar-refractivity contribution is 0.128. The monoisotopic (exact) mass is 266 g/mol. The van der Waals surface area contributed by atoms with Crippen LogP contribution in [0.1, 0.15) is 27.2 Å². The third-order valence-corrected chi connectivity index (χ3v) is 3.59. The summed E-state index contributed by atoms with van der Waals surface area (Å²) in [5.74, 6) is 0.735. The number of rotatable bonds is 11. The van der Waals surface area contributed by atoms with E-state index in [9.17, 15) is 8.42 Å². The van der Waals surface area contributed by atoms with E-state index < -0.39 is 10.0 Å². The Bertz CT molecular complexity index is 266. The first-order valence-corrected chi connectivity index (χ1v) is 7.89. The van der Waals surface area contributed by atoms with Crippen molar-refractivity contribution in [3.05, 3.63) is 0 Å². The molecule has 0 unspecified atom stereocenters. The molecule has 0 saturated heterocycles. The van der Waals surface area contributed by atoms with Crippen LogP contribution < -0.4 is 10.0 Å². The standard InChI is InChI=1S/C11H26N2O3S/c1-4-12-7-10-17(14,15)13-6-9-16-8-5-11(2)3/h11-13H,4-10H2,1-3H3. The van der Waals surface area contributed by atoms with Crippen LogP contribution in [0, 0.1) is 5.92 Å². The lowest BCUT2D eigenvalue weighted by Gasteiger charge is -2.08. The zero-order valence-corrected chi connectivity index (χ0v) is 12.0. The lowest BCUT2D eigenvalue weighted by Crippen LogP contribution is -2.33. The average Bonchev–Trinajstić information content (AvgIpc) is 2.23. The number of hydrogen-bond donors (Lipinski definition) is 2. The van der Waals surface area contributed by atoms with E-state index in [1.54, 1.807) is 0 Å². The highest BCUT2D eigenvalue weighted by molar-refractivity contribution is 7.89. The normalized spacial score (nSPS) is 12.2. The first-order chi connectivity index (χ1) is 7.98. The molecular weight excluding hydrogens is 240 g/mol. The first kappa shape index (κ1) is 16.8. The molecular formula is C11H26N2O3S. The molecule has 0 spiro atoms. The molecule has 17 heavy (non-hydrogen) atoms. The molecule has 0 fully saturated rings. The predicted molar refractivity (Wildman–Crippen MR) is 70.6 cm³/mol. The third kappa shape index (κ3) is 12.1. The minimum Gasteiger partial charge on any atom is -0.380 e. The van der Waals surface area contributed by atoms with Gasteiger partial charge in [0.15, 0.2) is 0 Å². The molecule has 0 radical (unpaired) electrons. The van der Waals surface area contributed by atoms with Crippen molar-refractivity contribution in [2.24, 2.45) is 5.92 Å². The maximum absolute atomic E-state index is 11.4. The molecule has 5 nitrogen and oxygen atoms in total. The second-order valence-electron chi connectivity index (χ2n) is 4.36. The summed E-state index contributed by atoms with van der Waals surface area (Å²) in [6.45, 7) is 8.96. The number of sulfonamides is 1. The summed E-state index contributed by atoms with van der Waals surface area (Å²) in [7, 11) is -3.15. The van der Waals surface area contributed by atoms with E-state index in [0.29, 0.717) is 32.2 Å². The van der Waals surface area contributed by atoms with E-state index in [2.05, 4.69) is 23.9 Å². The van der Waals surface area contributed by atoms with Crippen molar-refractivity contribution < 1.29 is 13.2 Å². The van der Waals surface area contributed by atoms with Gasteiger partial charge in [0.25, 0.3) is 0 Å². The average molecular weight is 266 g/mol. The van der Waals surface area contributed by atoms with Gasteiger partial charge in [-0.05, 0) is 18.9 Å². The van der Waals surface area contributed by atoms with Gasteiger partial charge in [-0.2, -0.15) is 0 Å². The van der Waals surface area contributed by atoms with Crippen LogP contribution in [0.5, 0.6) is 0 Å². The second-order valence-corrected chi connectivity index (χ2v) is 6.29. The van der Waals surface area contributed by atoms with Gasteiger partial charge in [-0.15, -0.1) is 0 Å². The Hall–Kier alpha value is -0.170. The molecule has 2 N–H and O–H groups in total. The minimum atomic E-state index is -3.15. The third-order valence-electron chi connectivity index (χ3n) is 2.21. The van der Waals surface area contributed by atoms with Gasteiger partial charge in [-0.1, -0.05) is 20.8 Å². The van der Waals surface area contributed by atoms with Crippen molar-refractivity contribution in [1.29, 1.82) is 0 Å². The van der Waals surface area contributed by atoms with Crippen LogP contribution in [0.15, 0.2) is 0 Å². The van der Waals surface area contributed by atoms with E-state index in [-0.39, 0.29) is 5.75 Å². The smallest absolute Gasteiger partial charge is 0.212 e. The Morgan fingerprint density at radius 1 is 1.18 bits per heavy atom. The van der Waals surface area contributed by atoms with Crippen LogP contribution in [-0.4, -0.2) is 47.0 Å². The Labute approximate surface area is 105 Å². The first-order valence-electron chi connectivity index (χ1n) is 6.23. The molecule has 104 valence electrons. The summed E-state index contributed by atoms with van der Waals surface area (Å²) in [6.07, 6.45) is 1.01. The number of nitrogens with one attached hydrogen (secondary N) is 2. The highest BCUT2D eigenvalue weighted by Gasteiger charge is 2.08. The Kier molecular flexibility index (Phi) is 9.72. The Morgan fingerprint density at radius 3 is 2.47 bits per heavy atom. The van der Waals surface area contributed by atoms with Crippen molar-refractivity contribution in [3.8, 4) is 0 Å². The summed E-state index contributed by atoms with van der Waals surface area (Å²) >= 11 is 0. The van der Waals surface area contributed by atoms with Crippen molar-refractivity contribution in [3.63, 3.8) is 0 Å². The van der Waals surface area contributed by atoms with Crippen molar-refractivity contribution in [1.82, 2.24) is 10.0 Å². The number of hydrogen-bond acceptors (Lipinski definition) is 4. The fraction of sp³-hybridized carbons (Fsp3) is 1.00. The fourth-order valence-electron chi connectivity index (χ4n) is 1.15. The molecule has 0 amide bonds. The molecule has 0 aliphatic heterocycles. The predicted octanol–water partition coefficient (Wildman–Crippen LogP) is 0.578. The van der Waals surface area contributed by atoms with Gasteiger partial charge in [0, 0.05) is 19.7 Å². The zero-order chi connectivity index (χ0) is 13.1. The Balaban J connectivity index is 3.46. The fourth-order valence-corrected chi connectivity index (χ4v) is 2.10. The van der Waals surface area contributed by atoms with Gasteiger partial charge < -0.3 is 10.1 Å². The van der Waals surface area contributed by atoms with Crippen LogP contribution in [0.4, 0.5) is 0 Å². The maximum atomic E-state index is 11.4. The van der Waals surface area contributed by atoms with Gasteiger partial charge in [0.1, 0.15) is 0 Å². The van der Waals surface area contributed by atoms with Gasteiger partial charge in [-0.25, -0.2) is 13.1 Å². The van der Waals surface area contributed by atoms with Crippen LogP contribution in [0.2, 0.25) is 0 Å². The van der Waals surface area contributed by atoms with E-state index in [4.69, 9.17) is 4.74 Å². The summed E-state index contributed by atoms with van der Waals surface area (Å²) < 4.78 is 30.7.